The van der Waals surface area contributed by atoms with Crippen LogP contribution in [0.4, 0.5) is 10.8 Å². The predicted molar refractivity (Wildman–Crippen MR) is 145 cm³/mol. The number of fused-ring (bicyclic) bond motifs is 1. The summed E-state index contributed by atoms with van der Waals surface area (Å²) in [5.74, 6) is -1.97. The SMILES string of the molecule is CCCON=C(C(=O)NC1C(=O)N2C(C(=O)OCc3ccc([N+](=O)[O-])cc3)=C(Cl)CS[C@@H]12)c1csc(NC=O)n1. The smallest absolute Gasteiger partial charge is 0.356 e. The number of ether oxygens (including phenoxy) is 1. The fourth-order valence-electron chi connectivity index (χ4n) is 3.62. The number of nitro groups is 1. The second-order valence-corrected chi connectivity index (χ2v) is 10.6. The van der Waals surface area contributed by atoms with Crippen LogP contribution < -0.4 is 10.6 Å². The summed E-state index contributed by atoms with van der Waals surface area (Å²) in [7, 11) is 0. The van der Waals surface area contributed by atoms with Crippen LogP contribution in [0.15, 0.2) is 45.5 Å². The number of rotatable bonds is 12. The highest BCUT2D eigenvalue weighted by Crippen LogP contribution is 2.41. The molecule has 1 fully saturated rings. The Labute approximate surface area is 239 Å². The maximum Gasteiger partial charge on any atom is 0.356 e. The van der Waals surface area contributed by atoms with Crippen LogP contribution in [-0.2, 0) is 35.4 Å². The average Bonchev–Trinajstić information content (AvgIpc) is 3.41. The molecule has 40 heavy (non-hydrogen) atoms. The number of halogens is 1. The molecule has 3 amide bonds. The Morgan fingerprint density at radius 1 is 1.35 bits per heavy atom. The molecule has 0 bridgehead atoms. The molecule has 1 unspecified atom stereocenters. The van der Waals surface area contributed by atoms with Crippen LogP contribution in [0.1, 0.15) is 24.6 Å². The molecule has 2 atom stereocenters. The summed E-state index contributed by atoms with van der Waals surface area (Å²) in [6.07, 6.45) is 1.08. The number of esters is 1. The zero-order valence-corrected chi connectivity index (χ0v) is 23.1. The summed E-state index contributed by atoms with van der Waals surface area (Å²) in [6.45, 7) is 1.90. The summed E-state index contributed by atoms with van der Waals surface area (Å²) >= 11 is 8.61. The van der Waals surface area contributed by atoms with Crippen LogP contribution in [0.25, 0.3) is 0 Å². The minimum atomic E-state index is -0.998. The van der Waals surface area contributed by atoms with Crippen molar-refractivity contribution >= 4 is 75.4 Å². The van der Waals surface area contributed by atoms with Gasteiger partial charge in [-0.3, -0.25) is 29.4 Å². The topological polar surface area (TPSA) is 182 Å². The molecule has 2 aromatic rings. The first-order valence-electron chi connectivity index (χ1n) is 11.7. The van der Waals surface area contributed by atoms with Crippen molar-refractivity contribution in [3.8, 4) is 0 Å². The Morgan fingerprint density at radius 2 is 2.10 bits per heavy atom. The van der Waals surface area contributed by atoms with Gasteiger partial charge in [-0.1, -0.05) is 23.7 Å². The fourth-order valence-corrected chi connectivity index (χ4v) is 5.82. The highest BCUT2D eigenvalue weighted by molar-refractivity contribution is 8.00. The third-order valence-electron chi connectivity index (χ3n) is 5.51. The number of nitrogens with one attached hydrogen (secondary N) is 2. The second-order valence-electron chi connectivity index (χ2n) is 8.19. The third kappa shape index (κ3) is 6.24. The number of anilines is 1. The quantitative estimate of drug-likeness (QED) is 0.0690. The molecule has 1 aromatic heterocycles. The molecule has 210 valence electrons. The largest absolute Gasteiger partial charge is 0.456 e. The van der Waals surface area contributed by atoms with Crippen LogP contribution in [0, 0.1) is 10.1 Å². The first-order valence-corrected chi connectivity index (χ1v) is 14.0. The molecule has 2 aliphatic rings. The summed E-state index contributed by atoms with van der Waals surface area (Å²) in [6, 6.07) is 4.47. The van der Waals surface area contributed by atoms with Crippen molar-refractivity contribution in [2.24, 2.45) is 5.16 Å². The normalized spacial score (nSPS) is 18.4. The lowest BCUT2D eigenvalue weighted by Gasteiger charge is -2.49. The van der Waals surface area contributed by atoms with E-state index in [1.165, 1.54) is 46.3 Å². The van der Waals surface area contributed by atoms with E-state index in [0.717, 1.165) is 11.3 Å². The van der Waals surface area contributed by atoms with E-state index in [1.807, 2.05) is 6.92 Å². The number of nitrogens with zero attached hydrogens (tertiary/aromatic N) is 4. The molecule has 1 saturated heterocycles. The number of hydrogen-bond acceptors (Lipinski definition) is 12. The Morgan fingerprint density at radius 3 is 2.77 bits per heavy atom. The first kappa shape index (κ1) is 29.0. The van der Waals surface area contributed by atoms with E-state index in [-0.39, 0.29) is 51.9 Å². The van der Waals surface area contributed by atoms with Crippen LogP contribution in [0.3, 0.4) is 0 Å². The van der Waals surface area contributed by atoms with E-state index in [2.05, 4.69) is 20.8 Å². The molecular weight excluding hydrogens is 588 g/mol. The molecule has 0 radical (unpaired) electrons. The number of carbonyl (C=O) groups excluding carboxylic acids is 4. The van der Waals surface area contributed by atoms with E-state index >= 15 is 0 Å². The number of nitro benzene ring substituents is 1. The van der Waals surface area contributed by atoms with Gasteiger partial charge in [-0.2, -0.15) is 0 Å². The van der Waals surface area contributed by atoms with Crippen molar-refractivity contribution in [2.45, 2.75) is 31.4 Å². The van der Waals surface area contributed by atoms with E-state index in [0.29, 0.717) is 18.4 Å². The molecule has 0 aliphatic carbocycles. The minimum absolute atomic E-state index is 0.106. The third-order valence-corrected chi connectivity index (χ3v) is 8.04. The maximum absolute atomic E-state index is 13.1. The van der Waals surface area contributed by atoms with Gasteiger partial charge >= 0.3 is 5.97 Å². The zero-order valence-electron chi connectivity index (χ0n) is 20.7. The Kier molecular flexibility index (Phi) is 9.34. The number of oxime groups is 1. The van der Waals surface area contributed by atoms with E-state index in [1.54, 1.807) is 0 Å². The molecular formula is C23H21ClN6O8S2. The Hall–Kier alpha value is -4.02. The number of amides is 3. The van der Waals surface area contributed by atoms with E-state index in [4.69, 9.17) is 21.2 Å². The first-order chi connectivity index (χ1) is 19.2. The van der Waals surface area contributed by atoms with Gasteiger partial charge in [-0.05, 0) is 24.1 Å². The molecule has 14 nitrogen and oxygen atoms in total. The summed E-state index contributed by atoms with van der Waals surface area (Å²) in [5, 5.41) is 20.9. The predicted octanol–water partition coefficient (Wildman–Crippen LogP) is 2.34. The maximum atomic E-state index is 13.1. The molecule has 0 spiro atoms. The number of aromatic nitrogens is 1. The van der Waals surface area contributed by atoms with E-state index < -0.39 is 34.1 Å². The standard InChI is InChI=1S/C23H21ClN6O8S2/c1-2-7-38-28-16(15-10-40-23(26-15)25-11-31)19(32)27-17-20(33)29-18(14(24)9-39-21(17)29)22(34)37-8-12-3-5-13(6-4-12)30(35)36/h3-6,10-11,17,21H,2,7-9H2,1H3,(H,27,32)(H,25,26,31)/t17?,21-/m0/s1. The number of thiazole rings is 1. The number of carbonyl (C=O) groups is 4. The molecule has 1 aromatic carbocycles. The molecule has 3 heterocycles. The fraction of sp³-hybridized carbons (Fsp3) is 0.304. The highest BCUT2D eigenvalue weighted by Gasteiger charge is 2.54. The lowest BCUT2D eigenvalue weighted by atomic mass is 10.0. The number of β-lactam (4-membered cyclic amide) rings is 1. The number of thioether (sulfide) groups is 1. The van der Waals surface area contributed by atoms with Gasteiger partial charge in [0.15, 0.2) is 10.8 Å². The van der Waals surface area contributed by atoms with Crippen LogP contribution in [0.5, 0.6) is 0 Å². The Bertz CT molecular complexity index is 1400. The average molecular weight is 609 g/mol. The molecule has 4 rings (SSSR count). The van der Waals surface area contributed by atoms with E-state index in [9.17, 15) is 29.3 Å². The minimum Gasteiger partial charge on any atom is -0.456 e. The van der Waals surface area contributed by atoms with Crippen molar-refractivity contribution in [1.29, 1.82) is 0 Å². The lowest BCUT2D eigenvalue weighted by Crippen LogP contribution is -2.71. The van der Waals surface area contributed by atoms with Gasteiger partial charge < -0.3 is 20.2 Å². The van der Waals surface area contributed by atoms with Crippen molar-refractivity contribution in [1.82, 2.24) is 15.2 Å². The summed E-state index contributed by atoms with van der Waals surface area (Å²) < 4.78 is 5.31. The molecule has 2 aliphatic heterocycles. The lowest BCUT2D eigenvalue weighted by molar-refractivity contribution is -0.384. The van der Waals surface area contributed by atoms with Gasteiger partial charge in [0, 0.05) is 23.3 Å². The van der Waals surface area contributed by atoms with Crippen LogP contribution >= 0.6 is 34.7 Å². The van der Waals surface area contributed by atoms with Crippen molar-refractivity contribution in [2.75, 3.05) is 17.7 Å². The second kappa shape index (κ2) is 12.9. The number of hydrogen-bond donors (Lipinski definition) is 2. The van der Waals surface area contributed by atoms with Crippen molar-refractivity contribution in [3.05, 3.63) is 61.7 Å². The van der Waals surface area contributed by atoms with Gasteiger partial charge in [0.2, 0.25) is 6.41 Å². The number of non-ortho nitro benzene ring substituents is 1. The summed E-state index contributed by atoms with van der Waals surface area (Å²) in [5.41, 5.74) is 0.216. The molecule has 17 heteroatoms. The Balaban J connectivity index is 1.43. The van der Waals surface area contributed by atoms with Gasteiger partial charge in [0.1, 0.15) is 36.0 Å². The number of benzene rings is 1. The highest BCUT2D eigenvalue weighted by atomic mass is 35.5. The zero-order chi connectivity index (χ0) is 28.8. The van der Waals surface area contributed by atoms with Crippen LogP contribution in [-0.4, -0.2) is 68.5 Å². The van der Waals surface area contributed by atoms with Gasteiger partial charge in [-0.25, -0.2) is 9.78 Å². The van der Waals surface area contributed by atoms with Gasteiger partial charge in [0.05, 0.1) is 9.96 Å². The van der Waals surface area contributed by atoms with Crippen molar-refractivity contribution < 1.29 is 33.7 Å². The molecule has 2 N–H and O–H groups in total. The molecule has 0 saturated carbocycles. The van der Waals surface area contributed by atoms with Crippen molar-refractivity contribution in [3.63, 3.8) is 0 Å². The monoisotopic (exact) mass is 608 g/mol. The van der Waals surface area contributed by atoms with Gasteiger partial charge in [-0.15, -0.1) is 23.1 Å². The summed E-state index contributed by atoms with van der Waals surface area (Å²) in [4.78, 5) is 70.6. The van der Waals surface area contributed by atoms with Gasteiger partial charge in [0.25, 0.3) is 17.5 Å². The van der Waals surface area contributed by atoms with Crippen LogP contribution in [0.2, 0.25) is 0 Å².